The molecule has 7 nitrogen and oxygen atoms in total. The largest absolute Gasteiger partial charge is 0.364 e. The minimum absolute atomic E-state index is 0.0509. The van der Waals surface area contributed by atoms with E-state index in [1.165, 1.54) is 11.3 Å². The summed E-state index contributed by atoms with van der Waals surface area (Å²) in [5.41, 5.74) is 5.59. The number of carbonyl (C=O) groups is 2. The summed E-state index contributed by atoms with van der Waals surface area (Å²) in [6.07, 6.45) is 9.04. The monoisotopic (exact) mass is 567 g/mol. The number of nitrogens with one attached hydrogen (secondary N) is 1. The molecule has 0 aliphatic carbocycles. The Balaban J connectivity index is 1.12. The third kappa shape index (κ3) is 7.19. The lowest BCUT2D eigenvalue weighted by Crippen LogP contribution is -2.48. The number of likely N-dealkylation sites (tertiary alicyclic amines) is 2. The van der Waals surface area contributed by atoms with Crippen LogP contribution in [0.25, 0.3) is 0 Å². The molecule has 0 radical (unpaired) electrons. The van der Waals surface area contributed by atoms with Crippen LogP contribution in [-0.4, -0.2) is 71.4 Å². The molecular weight excluding hydrogens is 522 g/mol. The van der Waals surface area contributed by atoms with E-state index in [4.69, 9.17) is 0 Å². The molecule has 2 aromatic carbocycles. The third-order valence-electron chi connectivity index (χ3n) is 8.97. The number of hydrogen-bond donors (Lipinski definition) is 1. The van der Waals surface area contributed by atoms with Crippen molar-refractivity contribution in [2.24, 2.45) is 0 Å². The minimum Gasteiger partial charge on any atom is -0.364 e. The van der Waals surface area contributed by atoms with E-state index in [1.54, 1.807) is 0 Å². The van der Waals surface area contributed by atoms with Crippen LogP contribution in [0.3, 0.4) is 0 Å². The average Bonchev–Trinajstić information content (AvgIpc) is 3.55. The van der Waals surface area contributed by atoms with Crippen LogP contribution in [0, 0.1) is 13.8 Å². The highest BCUT2D eigenvalue weighted by Crippen LogP contribution is 2.27. The van der Waals surface area contributed by atoms with Crippen LogP contribution in [0.4, 0.5) is 5.69 Å². The summed E-state index contributed by atoms with van der Waals surface area (Å²) in [6.45, 7) is 11.4. The number of amides is 2. The standard InChI is InChI=1S/C35H45N5O2/c1-26-22-30(35(42)39-18-7-8-19-39)23-27(2)33(26)34(41)37-17-13-28(3)38-20-14-32(15-21-38)40(31-11-5-4-6-12-31)25-29-10-9-16-36-24-29/h4-6,9-12,16,22-24,28,32H,7-8,13-15,17-21,25H2,1-3H3,(H,37,41). The zero-order valence-corrected chi connectivity index (χ0v) is 25.4. The first kappa shape index (κ1) is 29.8. The lowest BCUT2D eigenvalue weighted by Gasteiger charge is -2.42. The van der Waals surface area contributed by atoms with Gasteiger partial charge in [-0.1, -0.05) is 24.3 Å². The Kier molecular flexibility index (Phi) is 9.90. The SMILES string of the molecule is Cc1cc(C(=O)N2CCCC2)cc(C)c1C(=O)NCCC(C)N1CCC(N(Cc2cccnc2)c2ccccc2)CC1. The molecule has 1 atom stereocenters. The number of anilines is 1. The smallest absolute Gasteiger partial charge is 0.253 e. The van der Waals surface area contributed by atoms with Gasteiger partial charge in [-0.25, -0.2) is 0 Å². The van der Waals surface area contributed by atoms with E-state index in [0.717, 1.165) is 76.0 Å². The van der Waals surface area contributed by atoms with Crippen molar-refractivity contribution in [2.75, 3.05) is 37.6 Å². The van der Waals surface area contributed by atoms with Gasteiger partial charge in [0.2, 0.25) is 0 Å². The van der Waals surface area contributed by atoms with E-state index >= 15 is 0 Å². The van der Waals surface area contributed by atoms with E-state index in [-0.39, 0.29) is 11.8 Å². The Bertz CT molecular complexity index is 1310. The summed E-state index contributed by atoms with van der Waals surface area (Å²) in [4.78, 5) is 37.3. The molecule has 0 saturated carbocycles. The van der Waals surface area contributed by atoms with Gasteiger partial charge in [0.1, 0.15) is 0 Å². The molecule has 3 aromatic rings. The van der Waals surface area contributed by atoms with Gasteiger partial charge in [0, 0.05) is 80.6 Å². The number of para-hydroxylation sites is 1. The second kappa shape index (κ2) is 14.0. The normalized spacial score (nSPS) is 16.8. The second-order valence-corrected chi connectivity index (χ2v) is 12.0. The molecule has 1 unspecified atom stereocenters. The molecule has 2 aliphatic heterocycles. The van der Waals surface area contributed by atoms with Crippen molar-refractivity contribution in [2.45, 2.75) is 71.5 Å². The molecule has 2 fully saturated rings. The maximum absolute atomic E-state index is 13.2. The fraction of sp³-hybridized carbons (Fsp3) is 0.457. The number of rotatable bonds is 10. The van der Waals surface area contributed by atoms with Gasteiger partial charge in [0.25, 0.3) is 11.8 Å². The van der Waals surface area contributed by atoms with E-state index in [2.05, 4.69) is 63.4 Å². The first-order valence-corrected chi connectivity index (χ1v) is 15.5. The molecular formula is C35H45N5O2. The van der Waals surface area contributed by atoms with Gasteiger partial charge < -0.3 is 20.0 Å². The lowest BCUT2D eigenvalue weighted by atomic mass is 9.97. The van der Waals surface area contributed by atoms with Crippen LogP contribution in [-0.2, 0) is 6.54 Å². The topological polar surface area (TPSA) is 68.8 Å². The highest BCUT2D eigenvalue weighted by molar-refractivity contribution is 6.00. The van der Waals surface area contributed by atoms with Gasteiger partial charge in [-0.15, -0.1) is 0 Å². The molecule has 1 aromatic heterocycles. The van der Waals surface area contributed by atoms with Crippen molar-refractivity contribution in [3.05, 3.63) is 94.8 Å². The van der Waals surface area contributed by atoms with E-state index in [9.17, 15) is 9.59 Å². The quantitative estimate of drug-likeness (QED) is 0.345. The minimum atomic E-state index is -0.0509. The lowest BCUT2D eigenvalue weighted by molar-refractivity contribution is 0.0791. The average molecular weight is 568 g/mol. The Morgan fingerprint density at radius 2 is 1.67 bits per heavy atom. The Hall–Kier alpha value is -3.71. The number of benzene rings is 2. The predicted molar refractivity (Wildman–Crippen MR) is 169 cm³/mol. The summed E-state index contributed by atoms with van der Waals surface area (Å²) in [7, 11) is 0. The van der Waals surface area contributed by atoms with E-state index < -0.39 is 0 Å². The van der Waals surface area contributed by atoms with Crippen molar-refractivity contribution in [3.8, 4) is 0 Å². The fourth-order valence-corrected chi connectivity index (χ4v) is 6.59. The van der Waals surface area contributed by atoms with Gasteiger partial charge in [-0.3, -0.25) is 14.6 Å². The van der Waals surface area contributed by atoms with Crippen molar-refractivity contribution in [1.82, 2.24) is 20.1 Å². The van der Waals surface area contributed by atoms with Crippen molar-refractivity contribution < 1.29 is 9.59 Å². The summed E-state index contributed by atoms with van der Waals surface area (Å²) in [6, 6.07) is 19.5. The maximum atomic E-state index is 13.2. The molecule has 3 heterocycles. The number of nitrogens with zero attached hydrogens (tertiary/aromatic N) is 4. The Morgan fingerprint density at radius 3 is 2.31 bits per heavy atom. The van der Waals surface area contributed by atoms with Gasteiger partial charge in [-0.05, 0) is 99.9 Å². The molecule has 42 heavy (non-hydrogen) atoms. The number of pyridine rings is 1. The van der Waals surface area contributed by atoms with Gasteiger partial charge in [0.15, 0.2) is 0 Å². The number of hydrogen-bond acceptors (Lipinski definition) is 5. The number of piperidine rings is 1. The third-order valence-corrected chi connectivity index (χ3v) is 8.97. The molecule has 2 amide bonds. The first-order chi connectivity index (χ1) is 20.4. The fourth-order valence-electron chi connectivity index (χ4n) is 6.59. The van der Waals surface area contributed by atoms with Crippen molar-refractivity contribution >= 4 is 17.5 Å². The molecule has 7 heteroatoms. The van der Waals surface area contributed by atoms with E-state index in [0.29, 0.717) is 29.8 Å². The first-order valence-electron chi connectivity index (χ1n) is 15.5. The van der Waals surface area contributed by atoms with Crippen LogP contribution in [0.15, 0.2) is 67.0 Å². The van der Waals surface area contributed by atoms with Gasteiger partial charge in [0.05, 0.1) is 0 Å². The zero-order chi connectivity index (χ0) is 29.5. The predicted octanol–water partition coefficient (Wildman–Crippen LogP) is 5.61. The summed E-state index contributed by atoms with van der Waals surface area (Å²) in [5, 5.41) is 3.16. The van der Waals surface area contributed by atoms with Crippen molar-refractivity contribution in [1.29, 1.82) is 0 Å². The van der Waals surface area contributed by atoms with Crippen LogP contribution >= 0.6 is 0 Å². The molecule has 5 rings (SSSR count). The zero-order valence-electron chi connectivity index (χ0n) is 25.4. The van der Waals surface area contributed by atoms with Crippen LogP contribution in [0.5, 0.6) is 0 Å². The van der Waals surface area contributed by atoms with Gasteiger partial charge in [-0.2, -0.15) is 0 Å². The van der Waals surface area contributed by atoms with E-state index in [1.807, 2.05) is 49.3 Å². The molecule has 2 saturated heterocycles. The van der Waals surface area contributed by atoms with Gasteiger partial charge >= 0.3 is 0 Å². The molecule has 1 N–H and O–H groups in total. The van der Waals surface area contributed by atoms with Crippen LogP contribution < -0.4 is 10.2 Å². The van der Waals surface area contributed by atoms with Crippen LogP contribution in [0.1, 0.15) is 76.4 Å². The van der Waals surface area contributed by atoms with Crippen molar-refractivity contribution in [3.63, 3.8) is 0 Å². The number of carbonyl (C=O) groups excluding carboxylic acids is 2. The summed E-state index contributed by atoms with van der Waals surface area (Å²) in [5.74, 6) is 0.0252. The number of aryl methyl sites for hydroxylation is 2. The highest BCUT2D eigenvalue weighted by Gasteiger charge is 2.28. The maximum Gasteiger partial charge on any atom is 0.253 e. The Labute approximate surface area is 250 Å². The second-order valence-electron chi connectivity index (χ2n) is 12.0. The molecule has 0 bridgehead atoms. The summed E-state index contributed by atoms with van der Waals surface area (Å²) < 4.78 is 0. The molecule has 0 spiro atoms. The number of aromatic nitrogens is 1. The molecule has 2 aliphatic rings. The summed E-state index contributed by atoms with van der Waals surface area (Å²) >= 11 is 0. The highest BCUT2D eigenvalue weighted by atomic mass is 16.2. The molecule has 222 valence electrons. The van der Waals surface area contributed by atoms with Crippen LogP contribution in [0.2, 0.25) is 0 Å². The Morgan fingerprint density at radius 1 is 0.976 bits per heavy atom.